The van der Waals surface area contributed by atoms with Gasteiger partial charge in [0.05, 0.1) is 22.5 Å². The number of rotatable bonds is 2. The van der Waals surface area contributed by atoms with Crippen LogP contribution in [0.3, 0.4) is 0 Å². The van der Waals surface area contributed by atoms with E-state index in [1.54, 1.807) is 11.3 Å². The second-order valence-electron chi connectivity index (χ2n) is 5.26. The minimum absolute atomic E-state index is 0.421. The number of nitrogens with zero attached hydrogens (tertiary/aromatic N) is 4. The zero-order valence-corrected chi connectivity index (χ0v) is 12.2. The molecule has 3 heterocycles. The van der Waals surface area contributed by atoms with Crippen molar-refractivity contribution in [1.29, 1.82) is 0 Å². The molecule has 1 aliphatic heterocycles. The lowest BCUT2D eigenvalue weighted by molar-refractivity contribution is 0.714. The predicted octanol–water partition coefficient (Wildman–Crippen LogP) is 3.37. The Bertz CT molecular complexity index is 712. The van der Waals surface area contributed by atoms with Crippen LogP contribution in [0.5, 0.6) is 0 Å². The lowest BCUT2D eigenvalue weighted by Gasteiger charge is -2.22. The number of aromatic nitrogens is 3. The monoisotopic (exact) mass is 284 g/mol. The van der Waals surface area contributed by atoms with Crippen LogP contribution in [0.4, 0.5) is 5.13 Å². The number of hydrogen-bond acceptors (Lipinski definition) is 4. The van der Waals surface area contributed by atoms with E-state index in [0.717, 1.165) is 17.2 Å². The van der Waals surface area contributed by atoms with E-state index >= 15 is 0 Å². The van der Waals surface area contributed by atoms with Crippen molar-refractivity contribution in [2.24, 2.45) is 7.05 Å². The molecule has 1 fully saturated rings. The third-order valence-corrected chi connectivity index (χ3v) is 4.96. The molecule has 4 nitrogen and oxygen atoms in total. The minimum atomic E-state index is 0.421. The summed E-state index contributed by atoms with van der Waals surface area (Å²) in [7, 11) is 1.97. The molecular formula is C15H16N4S. The summed E-state index contributed by atoms with van der Waals surface area (Å²) in [4.78, 5) is 7.23. The van der Waals surface area contributed by atoms with Gasteiger partial charge in [0.1, 0.15) is 0 Å². The van der Waals surface area contributed by atoms with Gasteiger partial charge in [0.2, 0.25) is 0 Å². The van der Waals surface area contributed by atoms with E-state index < -0.39 is 0 Å². The number of hydrogen-bond donors (Lipinski definition) is 0. The Labute approximate surface area is 121 Å². The molecule has 1 aromatic carbocycles. The van der Waals surface area contributed by atoms with Gasteiger partial charge < -0.3 is 4.90 Å². The van der Waals surface area contributed by atoms with Gasteiger partial charge in [-0.1, -0.05) is 23.5 Å². The molecule has 0 aliphatic carbocycles. The molecule has 1 atom stereocenters. The van der Waals surface area contributed by atoms with Gasteiger partial charge in [-0.25, -0.2) is 4.98 Å². The lowest BCUT2D eigenvalue weighted by Crippen LogP contribution is -2.21. The molecule has 0 amide bonds. The Balaban J connectivity index is 1.72. The fourth-order valence-electron chi connectivity index (χ4n) is 2.94. The standard InChI is InChI=1S/C15H16N4S/c1-18-10-11(9-16-18)13-6-4-8-19(13)15-17-12-5-2-3-7-14(12)20-15/h2-3,5,7,9-10,13H,4,6,8H2,1H3. The van der Waals surface area contributed by atoms with E-state index in [4.69, 9.17) is 4.98 Å². The van der Waals surface area contributed by atoms with E-state index in [2.05, 4.69) is 40.5 Å². The van der Waals surface area contributed by atoms with Crippen molar-refractivity contribution in [2.45, 2.75) is 18.9 Å². The van der Waals surface area contributed by atoms with Crippen LogP contribution < -0.4 is 4.90 Å². The van der Waals surface area contributed by atoms with Gasteiger partial charge in [-0.05, 0) is 25.0 Å². The highest BCUT2D eigenvalue weighted by molar-refractivity contribution is 7.22. The molecule has 3 aromatic rings. The fourth-order valence-corrected chi connectivity index (χ4v) is 3.98. The molecule has 0 radical (unpaired) electrons. The predicted molar refractivity (Wildman–Crippen MR) is 82.1 cm³/mol. The maximum atomic E-state index is 4.79. The first-order chi connectivity index (χ1) is 9.81. The molecule has 1 aliphatic rings. The highest BCUT2D eigenvalue weighted by atomic mass is 32.1. The maximum Gasteiger partial charge on any atom is 0.186 e. The number of benzene rings is 1. The van der Waals surface area contributed by atoms with Crippen LogP contribution in [-0.4, -0.2) is 21.3 Å². The lowest BCUT2D eigenvalue weighted by atomic mass is 10.1. The van der Waals surface area contributed by atoms with E-state index in [1.165, 1.54) is 23.1 Å². The fraction of sp³-hybridized carbons (Fsp3) is 0.333. The summed E-state index contributed by atoms with van der Waals surface area (Å²) in [5, 5.41) is 5.44. The zero-order valence-electron chi connectivity index (χ0n) is 11.4. The summed E-state index contributed by atoms with van der Waals surface area (Å²) in [6.45, 7) is 1.08. The van der Waals surface area contributed by atoms with Gasteiger partial charge in [-0.3, -0.25) is 4.68 Å². The Hall–Kier alpha value is -1.88. The Morgan fingerprint density at radius 3 is 3.00 bits per heavy atom. The molecule has 0 N–H and O–H groups in total. The summed E-state index contributed by atoms with van der Waals surface area (Å²) >= 11 is 1.79. The number of para-hydroxylation sites is 1. The molecule has 2 aromatic heterocycles. The average molecular weight is 284 g/mol. The quantitative estimate of drug-likeness (QED) is 0.723. The first kappa shape index (κ1) is 11.9. The van der Waals surface area contributed by atoms with Gasteiger partial charge in [-0.2, -0.15) is 5.10 Å². The second kappa shape index (κ2) is 4.59. The van der Waals surface area contributed by atoms with Crippen molar-refractivity contribution >= 4 is 26.7 Å². The van der Waals surface area contributed by atoms with E-state index in [9.17, 15) is 0 Å². The van der Waals surface area contributed by atoms with Crippen molar-refractivity contribution in [1.82, 2.24) is 14.8 Å². The Morgan fingerprint density at radius 2 is 2.20 bits per heavy atom. The zero-order chi connectivity index (χ0) is 13.5. The molecule has 0 bridgehead atoms. The van der Waals surface area contributed by atoms with Crippen LogP contribution in [0.25, 0.3) is 10.2 Å². The molecule has 102 valence electrons. The maximum absolute atomic E-state index is 4.79. The third kappa shape index (κ3) is 1.89. The van der Waals surface area contributed by atoms with Crippen LogP contribution in [-0.2, 0) is 7.05 Å². The molecule has 0 spiro atoms. The molecular weight excluding hydrogens is 268 g/mol. The van der Waals surface area contributed by atoms with Gasteiger partial charge in [0.15, 0.2) is 5.13 Å². The van der Waals surface area contributed by atoms with E-state index in [1.807, 2.05) is 17.9 Å². The number of anilines is 1. The van der Waals surface area contributed by atoms with E-state index in [0.29, 0.717) is 6.04 Å². The number of fused-ring (bicyclic) bond motifs is 1. The molecule has 1 unspecified atom stereocenters. The molecule has 4 rings (SSSR count). The highest BCUT2D eigenvalue weighted by Crippen LogP contribution is 2.39. The van der Waals surface area contributed by atoms with Crippen LogP contribution in [0.1, 0.15) is 24.4 Å². The van der Waals surface area contributed by atoms with Gasteiger partial charge in [0, 0.05) is 25.4 Å². The summed E-state index contributed by atoms with van der Waals surface area (Å²) in [5.41, 5.74) is 2.40. The summed E-state index contributed by atoms with van der Waals surface area (Å²) in [6, 6.07) is 8.78. The van der Waals surface area contributed by atoms with Crippen LogP contribution in [0.15, 0.2) is 36.7 Å². The first-order valence-electron chi connectivity index (χ1n) is 6.92. The Morgan fingerprint density at radius 1 is 1.30 bits per heavy atom. The topological polar surface area (TPSA) is 34.0 Å². The smallest absolute Gasteiger partial charge is 0.186 e. The summed E-state index contributed by atoms with van der Waals surface area (Å²) < 4.78 is 3.14. The summed E-state index contributed by atoms with van der Waals surface area (Å²) in [5.74, 6) is 0. The molecule has 5 heteroatoms. The van der Waals surface area contributed by atoms with Gasteiger partial charge in [0.25, 0.3) is 0 Å². The average Bonchev–Trinajstić information content (AvgIpc) is 3.15. The molecule has 1 saturated heterocycles. The third-order valence-electron chi connectivity index (χ3n) is 3.89. The largest absolute Gasteiger partial charge is 0.341 e. The normalized spacial score (nSPS) is 19.1. The van der Waals surface area contributed by atoms with Crippen molar-refractivity contribution in [3.63, 3.8) is 0 Å². The van der Waals surface area contributed by atoms with Crippen LogP contribution >= 0.6 is 11.3 Å². The number of aryl methyl sites for hydroxylation is 1. The molecule has 20 heavy (non-hydrogen) atoms. The van der Waals surface area contributed by atoms with Gasteiger partial charge >= 0.3 is 0 Å². The van der Waals surface area contributed by atoms with Gasteiger partial charge in [-0.15, -0.1) is 0 Å². The van der Waals surface area contributed by atoms with Crippen LogP contribution in [0.2, 0.25) is 0 Å². The van der Waals surface area contributed by atoms with Crippen molar-refractivity contribution in [2.75, 3.05) is 11.4 Å². The SMILES string of the molecule is Cn1cc(C2CCCN2c2nc3ccccc3s2)cn1. The van der Waals surface area contributed by atoms with Crippen molar-refractivity contribution < 1.29 is 0 Å². The highest BCUT2D eigenvalue weighted by Gasteiger charge is 2.29. The molecule has 0 saturated carbocycles. The minimum Gasteiger partial charge on any atom is -0.341 e. The van der Waals surface area contributed by atoms with Crippen molar-refractivity contribution in [3.05, 3.63) is 42.2 Å². The summed E-state index contributed by atoms with van der Waals surface area (Å²) in [6.07, 6.45) is 6.50. The second-order valence-corrected chi connectivity index (χ2v) is 6.27. The number of thiazole rings is 1. The van der Waals surface area contributed by atoms with E-state index in [-0.39, 0.29) is 0 Å². The van der Waals surface area contributed by atoms with Crippen molar-refractivity contribution in [3.8, 4) is 0 Å². The first-order valence-corrected chi connectivity index (χ1v) is 7.74. The van der Waals surface area contributed by atoms with Crippen LogP contribution in [0, 0.1) is 0 Å². The Kier molecular flexibility index (Phi) is 2.73.